The number of carboxylic acid groups (broad SMARTS) is 1. The molecule has 0 amide bonds. The van der Waals surface area contributed by atoms with Gasteiger partial charge in [0.05, 0.1) is 12.8 Å². The van der Waals surface area contributed by atoms with Crippen LogP contribution in [0, 0.1) is 0 Å². The van der Waals surface area contributed by atoms with Crippen LogP contribution in [0.3, 0.4) is 0 Å². The monoisotopic (exact) mass is 1850 g/mol. The van der Waals surface area contributed by atoms with E-state index in [1.165, 1.54) is 65.1 Å². The molecule has 17 heteroatoms. The van der Waals surface area contributed by atoms with Crippen molar-refractivity contribution in [3.63, 3.8) is 0 Å². The molecule has 2 N–H and O–H groups in total. The van der Waals surface area contributed by atoms with Crippen molar-refractivity contribution in [1.29, 1.82) is 0 Å². The summed E-state index contributed by atoms with van der Waals surface area (Å²) < 4.78 is 31.3. The Bertz CT molecular complexity index is 4380. The fourth-order valence-electron chi connectivity index (χ4n) is 14.6. The second kappa shape index (κ2) is 71.0. The number of carbonyl (C=O) groups excluding carboxylic acids is 4. The van der Waals surface area contributed by atoms with E-state index < -0.39 is 24.1 Å². The Morgan fingerprint density at radius 1 is 0.440 bits per heavy atom. The molecule has 6 atom stereocenters. The van der Waals surface area contributed by atoms with E-state index in [9.17, 15) is 29.1 Å². The number of aliphatic carboxylic acids is 1. The van der Waals surface area contributed by atoms with Crippen LogP contribution in [0.2, 0.25) is 0 Å². The topological polar surface area (TPSA) is 179 Å². The largest absolute Gasteiger partial charge is 0.481 e. The zero-order valence-corrected chi connectivity index (χ0v) is 83.8. The number of carbonyl (C=O) groups is 5. The Hall–Kier alpha value is -9.61. The summed E-state index contributed by atoms with van der Waals surface area (Å²) in [7, 11) is 5.31. The number of unbranched alkanes of at least 4 members (excludes halogenated alkanes) is 6. The Balaban J connectivity index is 0.000000541. The van der Waals surface area contributed by atoms with Gasteiger partial charge in [-0.05, 0) is 203 Å². The summed E-state index contributed by atoms with van der Waals surface area (Å²) in [5.74, 6) is 0.450. The first-order valence-corrected chi connectivity index (χ1v) is 50.3. The van der Waals surface area contributed by atoms with Crippen molar-refractivity contribution >= 4 is 66.6 Å². The first-order chi connectivity index (χ1) is 63.5. The number of allylic oxidation sites excluding steroid dienone is 1. The Labute approximate surface area is 812 Å². The maximum atomic E-state index is 12.9. The molecule has 134 heavy (non-hydrogen) atoms. The van der Waals surface area contributed by atoms with Gasteiger partial charge in [0, 0.05) is 107 Å². The number of nitrogens with one attached hydrogen (secondary N) is 1. The minimum atomic E-state index is -2.29. The van der Waals surface area contributed by atoms with Crippen molar-refractivity contribution < 1.29 is 57.5 Å². The summed E-state index contributed by atoms with van der Waals surface area (Å²) in [6, 6.07) is 94.6. The third kappa shape index (κ3) is 53.6. The number of nitrogens with zero attached hydrogens (tertiary/aromatic N) is 2. The van der Waals surface area contributed by atoms with Gasteiger partial charge in [-0.25, -0.2) is 9.59 Å². The van der Waals surface area contributed by atoms with Gasteiger partial charge in [0.15, 0.2) is 0 Å². The average molecular weight is 1850 g/mol. The van der Waals surface area contributed by atoms with Gasteiger partial charge in [-0.2, -0.15) is 0 Å². The number of hydrogen-bond acceptors (Lipinski definition) is 14. The lowest BCUT2D eigenvalue weighted by Crippen LogP contribution is -2.39. The van der Waals surface area contributed by atoms with Crippen molar-refractivity contribution in [3.05, 3.63) is 319 Å². The van der Waals surface area contributed by atoms with Crippen molar-refractivity contribution in [1.82, 2.24) is 15.1 Å². The molecule has 15 nitrogen and oxygen atoms in total. The molecule has 3 aliphatic heterocycles. The van der Waals surface area contributed by atoms with Crippen LogP contribution in [0.15, 0.2) is 285 Å². The highest BCUT2D eigenvalue weighted by Crippen LogP contribution is 2.44. The Morgan fingerprint density at radius 2 is 0.776 bits per heavy atom. The number of ether oxygens (including phenoxy) is 6. The van der Waals surface area contributed by atoms with E-state index in [4.69, 9.17) is 36.3 Å². The summed E-state index contributed by atoms with van der Waals surface area (Å²) >= 11 is 0. The van der Waals surface area contributed by atoms with Gasteiger partial charge in [-0.15, -0.1) is 0 Å². The molecule has 1 unspecified atom stereocenters. The molecular weight excluding hydrogens is 1680 g/mol. The second-order valence-corrected chi connectivity index (χ2v) is 39.7. The van der Waals surface area contributed by atoms with Crippen molar-refractivity contribution in [2.45, 2.75) is 327 Å². The smallest absolute Gasteiger partial charge is 0.332 e. The number of carboxylic acids is 1. The van der Waals surface area contributed by atoms with E-state index in [0.29, 0.717) is 12.5 Å². The van der Waals surface area contributed by atoms with Crippen LogP contribution < -0.4 is 21.2 Å². The highest BCUT2D eigenvalue weighted by atomic mass is 31.2. The van der Waals surface area contributed by atoms with Crippen molar-refractivity contribution in [3.8, 4) is 0 Å². The van der Waals surface area contributed by atoms with Gasteiger partial charge in [0.2, 0.25) is 0 Å². The molecule has 732 valence electrons. The van der Waals surface area contributed by atoms with Gasteiger partial charge >= 0.3 is 23.9 Å². The van der Waals surface area contributed by atoms with E-state index in [2.05, 4.69) is 221 Å². The average Bonchev–Trinajstić information content (AvgIpc) is 1.00. The van der Waals surface area contributed by atoms with Crippen molar-refractivity contribution in [2.75, 3.05) is 33.0 Å². The lowest BCUT2D eigenvalue weighted by Gasteiger charge is -2.37. The van der Waals surface area contributed by atoms with Gasteiger partial charge in [0.25, 0.3) is 0 Å². The quantitative estimate of drug-likeness (QED) is 0.00728. The molecule has 0 bridgehead atoms. The number of benzene rings is 9. The van der Waals surface area contributed by atoms with Gasteiger partial charge < -0.3 is 43.6 Å². The molecule has 3 aliphatic rings. The molecule has 9 aromatic rings. The summed E-state index contributed by atoms with van der Waals surface area (Å²) in [5.41, 5.74) is 6.27. The van der Waals surface area contributed by atoms with E-state index in [1.807, 2.05) is 189 Å². The molecule has 3 fully saturated rings. The fraction of sp³-hybridized carbons (Fsp3) is 0.470. The zero-order valence-electron chi connectivity index (χ0n) is 82.9. The summed E-state index contributed by atoms with van der Waals surface area (Å²) in [6.45, 7) is 37.3. The number of rotatable bonds is 35. The van der Waals surface area contributed by atoms with Gasteiger partial charge in [-0.1, -0.05) is 367 Å². The Kier molecular flexibility index (Phi) is 63.8. The second-order valence-electron chi connectivity index (χ2n) is 36.4. The molecule has 0 aliphatic carbocycles. The van der Waals surface area contributed by atoms with E-state index in [-0.39, 0.29) is 75.0 Å². The SMILES string of the molecule is C.C.C1CCOC1.C1CCOC1.CC(C)(C)OC(=O)C=P(c1ccccc1)(c1ccccc1)c1ccccc1.CCCC/C=C/C(=O)OC(C)(C)C.CCCCC=O.CCCC[C@H](CC(=O)O)N(Cc1ccccc1)[C@H](C)c1ccccc1.CCCC[C@H](CC(=O)OC(C)(C)C)N(Cc1ccccc1)[C@H](C)c1ccccc1.C[C@@H](NCc1ccccc1)c1ccccc1.[B]C1CCCO1. The first-order valence-electron chi connectivity index (χ1n) is 48.4. The van der Waals surface area contributed by atoms with Crippen molar-refractivity contribution in [2.24, 2.45) is 0 Å². The lowest BCUT2D eigenvalue weighted by atomic mass is 9.98. The fourth-order valence-corrected chi connectivity index (χ4v) is 18.3. The lowest BCUT2D eigenvalue weighted by molar-refractivity contribution is -0.157. The molecule has 0 spiro atoms. The molecule has 2 radical (unpaired) electrons. The van der Waals surface area contributed by atoms with E-state index in [1.54, 1.807) is 0 Å². The van der Waals surface area contributed by atoms with E-state index in [0.717, 1.165) is 165 Å². The molecule has 0 saturated carbocycles. The van der Waals surface area contributed by atoms with E-state index >= 15 is 0 Å². The van der Waals surface area contributed by atoms with Crippen LogP contribution in [0.5, 0.6) is 0 Å². The maximum absolute atomic E-state index is 12.9. The number of hydrogen-bond donors (Lipinski definition) is 2. The highest BCUT2D eigenvalue weighted by molar-refractivity contribution is 7.95. The minimum absolute atomic E-state index is 0. The third-order valence-corrected chi connectivity index (χ3v) is 25.5. The molecule has 0 aromatic heterocycles. The zero-order chi connectivity index (χ0) is 96.5. The first kappa shape index (κ1) is 120. The predicted octanol–water partition coefficient (Wildman–Crippen LogP) is 27.1. The van der Waals surface area contributed by atoms with Gasteiger partial charge in [-0.3, -0.25) is 19.4 Å². The summed E-state index contributed by atoms with van der Waals surface area (Å²) in [5, 5.41) is 16.3. The molecular formula is C117H169BN3O12P. The van der Waals surface area contributed by atoms with Crippen LogP contribution in [0.1, 0.15) is 306 Å². The number of aldehydes is 1. The van der Waals surface area contributed by atoms with Gasteiger partial charge in [0.1, 0.15) is 30.9 Å². The molecule has 9 aromatic carbocycles. The standard InChI is InChI=1S/C26H37NO2.C24H25O2P.C22H29NO2.C15H17N.C11H20O2.C5H10O.C4H7BO.2C4H8O.2CH4/c1-6-7-18-24(19-25(28)29-26(3,4)5)27(20-22-14-10-8-11-15-22)21(2)23-16-12-9-13-17-23;1-24(2,3)26-23(25)19-27(20-13-7-4-8-14-20,21-15-9-5-10-16-21)22-17-11-6-12-18-22;1-3-4-15-21(16-22(24)25)23(17-19-11-7-5-8-12-19)18(2)20-13-9-6-10-14-20;1-13(15-10-6-3-7-11-15)16-12-14-8-4-2-5-9-14;1-5-6-7-8-9-10(12)13-11(2,3)4;1-2-3-4-5-6;5-4-2-1-3-6-4;2*1-2-4-5-3-1;;/h8-17,21,24H,6-7,18-20H2,1-5H3;4-19H,1-3H3;5-14,18,21H,3-4,15-17H2,1-2H3,(H,24,25);2-11,13,16H,12H2,1H3;8-9H,5-7H2,1-4H3;5H,2-4H2,1H3;4H,1-3H2;2*1-4H2;2*1H4/b;;;;9-8+;;;;;;/t21-,24-;;18-,21-;13-;;;;;;;/m1.11......./s1. The third-order valence-electron chi connectivity index (χ3n) is 21.6. The van der Waals surface area contributed by atoms with Crippen LogP contribution >= 0.6 is 6.89 Å². The summed E-state index contributed by atoms with van der Waals surface area (Å²) in [4.78, 5) is 62.6. The van der Waals surface area contributed by atoms with Crippen LogP contribution in [-0.2, 0) is 72.0 Å². The van der Waals surface area contributed by atoms with Crippen LogP contribution in [0.4, 0.5) is 0 Å². The maximum Gasteiger partial charge on any atom is 0.332 e. The summed E-state index contributed by atoms with van der Waals surface area (Å²) in [6.07, 6.45) is 24.6. The normalized spacial score (nSPS) is 14.2. The van der Waals surface area contributed by atoms with Crippen LogP contribution in [-0.4, -0.2) is 127 Å². The molecule has 3 saturated heterocycles. The Morgan fingerprint density at radius 3 is 1.08 bits per heavy atom. The predicted molar refractivity (Wildman–Crippen MR) is 567 cm³/mol. The minimum Gasteiger partial charge on any atom is -0.481 e. The van der Waals surface area contributed by atoms with Crippen LogP contribution in [0.25, 0.3) is 0 Å². The number of esters is 3. The molecule has 3 heterocycles. The molecule has 12 rings (SSSR count). The highest BCUT2D eigenvalue weighted by Gasteiger charge is 2.32.